The average Bonchev–Trinajstić information content (AvgIpc) is 3.08. The zero-order valence-corrected chi connectivity index (χ0v) is 16.1. The Kier molecular flexibility index (Phi) is 7.89. The number of carbonyl (C=O) groups excluding carboxylic acids is 1. The summed E-state index contributed by atoms with van der Waals surface area (Å²) in [5.74, 6) is 0.983. The van der Waals surface area contributed by atoms with Gasteiger partial charge in [0.25, 0.3) is 0 Å². The summed E-state index contributed by atoms with van der Waals surface area (Å²) in [5.41, 5.74) is 5.73. The number of anilines is 1. The molecule has 0 fully saturated rings. The van der Waals surface area contributed by atoms with E-state index in [0.29, 0.717) is 30.2 Å². The van der Waals surface area contributed by atoms with Gasteiger partial charge < -0.3 is 15.6 Å². The van der Waals surface area contributed by atoms with Gasteiger partial charge in [-0.3, -0.25) is 4.79 Å². The molecule has 0 saturated carbocycles. The predicted octanol–water partition coefficient (Wildman–Crippen LogP) is 1.22. The second-order valence-corrected chi connectivity index (χ2v) is 7.74. The number of amides is 1. The van der Waals surface area contributed by atoms with Crippen molar-refractivity contribution in [3.63, 3.8) is 0 Å². The Balaban J connectivity index is 1.85. The van der Waals surface area contributed by atoms with Gasteiger partial charge in [0.15, 0.2) is 5.82 Å². The molecular formula is C17H25N5O4S. The van der Waals surface area contributed by atoms with Crippen molar-refractivity contribution in [1.29, 1.82) is 0 Å². The highest BCUT2D eigenvalue weighted by Gasteiger charge is 2.14. The summed E-state index contributed by atoms with van der Waals surface area (Å²) in [4.78, 5) is 16.4. The first kappa shape index (κ1) is 21.0. The maximum Gasteiger partial charge on any atom is 0.240 e. The molecule has 10 heteroatoms. The Labute approximate surface area is 158 Å². The second-order valence-electron chi connectivity index (χ2n) is 5.97. The molecule has 148 valence electrons. The smallest absolute Gasteiger partial charge is 0.240 e. The average molecular weight is 395 g/mol. The van der Waals surface area contributed by atoms with Crippen molar-refractivity contribution in [1.82, 2.24) is 14.9 Å². The molecular weight excluding hydrogens is 370 g/mol. The SMILES string of the molecule is CCCc1noc(CCCC(=O)Nc2cccc(S(=O)(=O)NCCN)c2)n1. The lowest BCUT2D eigenvalue weighted by Crippen LogP contribution is -2.29. The highest BCUT2D eigenvalue weighted by atomic mass is 32.2. The minimum Gasteiger partial charge on any atom is -0.339 e. The lowest BCUT2D eigenvalue weighted by Gasteiger charge is -2.09. The van der Waals surface area contributed by atoms with E-state index >= 15 is 0 Å². The van der Waals surface area contributed by atoms with Crippen molar-refractivity contribution in [3.8, 4) is 0 Å². The van der Waals surface area contributed by atoms with Gasteiger partial charge in [-0.15, -0.1) is 0 Å². The third-order valence-corrected chi connectivity index (χ3v) is 5.10. The van der Waals surface area contributed by atoms with Gasteiger partial charge in [0.05, 0.1) is 4.90 Å². The van der Waals surface area contributed by atoms with Crippen molar-refractivity contribution in [3.05, 3.63) is 36.0 Å². The molecule has 1 aromatic heterocycles. The molecule has 4 N–H and O–H groups in total. The molecule has 0 aliphatic carbocycles. The molecule has 9 nitrogen and oxygen atoms in total. The van der Waals surface area contributed by atoms with Crippen molar-refractivity contribution in [2.75, 3.05) is 18.4 Å². The Hall–Kier alpha value is -2.30. The number of aryl methyl sites for hydroxylation is 2. The normalized spacial score (nSPS) is 11.5. The van der Waals surface area contributed by atoms with Gasteiger partial charge in [-0.25, -0.2) is 13.1 Å². The monoisotopic (exact) mass is 395 g/mol. The van der Waals surface area contributed by atoms with Gasteiger partial charge in [0.1, 0.15) is 0 Å². The number of carbonyl (C=O) groups is 1. The number of nitrogens with zero attached hydrogens (tertiary/aromatic N) is 2. The minimum absolute atomic E-state index is 0.0723. The van der Waals surface area contributed by atoms with Crippen LogP contribution in [0.5, 0.6) is 0 Å². The number of benzene rings is 1. The van der Waals surface area contributed by atoms with Crippen LogP contribution in [0.3, 0.4) is 0 Å². The molecule has 0 atom stereocenters. The van der Waals surface area contributed by atoms with E-state index in [1.54, 1.807) is 12.1 Å². The van der Waals surface area contributed by atoms with Crippen LogP contribution in [0.15, 0.2) is 33.7 Å². The van der Waals surface area contributed by atoms with E-state index in [9.17, 15) is 13.2 Å². The fourth-order valence-corrected chi connectivity index (χ4v) is 3.45. The first-order chi connectivity index (χ1) is 12.9. The van der Waals surface area contributed by atoms with Crippen LogP contribution in [0.25, 0.3) is 0 Å². The number of aromatic nitrogens is 2. The highest BCUT2D eigenvalue weighted by Crippen LogP contribution is 2.16. The van der Waals surface area contributed by atoms with Crippen LogP contribution < -0.4 is 15.8 Å². The second kappa shape index (κ2) is 10.1. The number of nitrogens with one attached hydrogen (secondary N) is 2. The molecule has 0 aliphatic heterocycles. The third-order valence-electron chi connectivity index (χ3n) is 3.64. The summed E-state index contributed by atoms with van der Waals surface area (Å²) < 4.78 is 31.7. The summed E-state index contributed by atoms with van der Waals surface area (Å²) in [6.07, 6.45) is 3.03. The van der Waals surface area contributed by atoms with Gasteiger partial charge >= 0.3 is 0 Å². The van der Waals surface area contributed by atoms with Crippen molar-refractivity contribution >= 4 is 21.6 Å². The molecule has 2 aromatic rings. The molecule has 0 saturated heterocycles. The van der Waals surface area contributed by atoms with Crippen molar-refractivity contribution in [2.45, 2.75) is 43.9 Å². The first-order valence-electron chi connectivity index (χ1n) is 8.85. The van der Waals surface area contributed by atoms with Crippen LogP contribution in [0.2, 0.25) is 0 Å². The van der Waals surface area contributed by atoms with Gasteiger partial charge in [0, 0.05) is 38.0 Å². The quantitative estimate of drug-likeness (QED) is 0.519. The van der Waals surface area contributed by atoms with E-state index in [0.717, 1.165) is 12.8 Å². The van der Waals surface area contributed by atoms with E-state index in [2.05, 4.69) is 20.2 Å². The fraction of sp³-hybridized carbons (Fsp3) is 0.471. The number of hydrogen-bond acceptors (Lipinski definition) is 7. The van der Waals surface area contributed by atoms with Gasteiger partial charge in [-0.05, 0) is 31.0 Å². The Morgan fingerprint density at radius 2 is 2.11 bits per heavy atom. The summed E-state index contributed by atoms with van der Waals surface area (Å²) in [6, 6.07) is 6.07. The van der Waals surface area contributed by atoms with E-state index in [4.69, 9.17) is 10.3 Å². The molecule has 1 heterocycles. The molecule has 0 aliphatic rings. The number of rotatable bonds is 11. The lowest BCUT2D eigenvalue weighted by atomic mass is 10.2. The number of hydrogen-bond donors (Lipinski definition) is 3. The van der Waals surface area contributed by atoms with E-state index in [-0.39, 0.29) is 30.3 Å². The summed E-state index contributed by atoms with van der Waals surface area (Å²) in [5, 5.41) is 6.57. The number of nitrogens with two attached hydrogens (primary N) is 1. The maximum absolute atomic E-state index is 12.1. The van der Waals surface area contributed by atoms with Crippen molar-refractivity contribution in [2.24, 2.45) is 5.73 Å². The Bertz CT molecular complexity index is 851. The lowest BCUT2D eigenvalue weighted by molar-refractivity contribution is -0.116. The molecule has 0 radical (unpaired) electrons. The van der Waals surface area contributed by atoms with Crippen LogP contribution in [0.4, 0.5) is 5.69 Å². The first-order valence-corrected chi connectivity index (χ1v) is 10.3. The van der Waals surface area contributed by atoms with Crippen LogP contribution in [-0.2, 0) is 27.7 Å². The van der Waals surface area contributed by atoms with Crippen LogP contribution in [0, 0.1) is 0 Å². The summed E-state index contributed by atoms with van der Waals surface area (Å²) >= 11 is 0. The molecule has 0 bridgehead atoms. The highest BCUT2D eigenvalue weighted by molar-refractivity contribution is 7.89. The Morgan fingerprint density at radius 1 is 1.30 bits per heavy atom. The summed E-state index contributed by atoms with van der Waals surface area (Å²) in [6.45, 7) is 2.39. The van der Waals surface area contributed by atoms with Gasteiger partial charge in [-0.1, -0.05) is 18.1 Å². The summed E-state index contributed by atoms with van der Waals surface area (Å²) in [7, 11) is -3.65. The zero-order chi connectivity index (χ0) is 19.7. The standard InChI is InChI=1S/C17H25N5O4S/c1-2-5-15-21-17(26-22-15)9-4-8-16(23)20-13-6-3-7-14(12-13)27(24,25)19-11-10-18/h3,6-7,12,19H,2,4-5,8-11,18H2,1H3,(H,20,23). The fourth-order valence-electron chi connectivity index (χ4n) is 2.36. The molecule has 1 amide bonds. The van der Waals surface area contributed by atoms with Crippen LogP contribution in [0.1, 0.15) is 37.9 Å². The number of sulfonamides is 1. The third kappa shape index (κ3) is 6.74. The largest absolute Gasteiger partial charge is 0.339 e. The van der Waals surface area contributed by atoms with Crippen molar-refractivity contribution < 1.29 is 17.7 Å². The zero-order valence-electron chi connectivity index (χ0n) is 15.3. The van der Waals surface area contributed by atoms with Crippen LogP contribution >= 0.6 is 0 Å². The van der Waals surface area contributed by atoms with E-state index < -0.39 is 10.0 Å². The maximum atomic E-state index is 12.1. The van der Waals surface area contributed by atoms with E-state index in [1.165, 1.54) is 12.1 Å². The van der Waals surface area contributed by atoms with Gasteiger partial charge in [-0.2, -0.15) is 4.98 Å². The van der Waals surface area contributed by atoms with E-state index in [1.807, 2.05) is 6.92 Å². The molecule has 27 heavy (non-hydrogen) atoms. The predicted molar refractivity (Wildman–Crippen MR) is 101 cm³/mol. The molecule has 0 spiro atoms. The molecule has 2 rings (SSSR count). The van der Waals surface area contributed by atoms with Crippen LogP contribution in [-0.4, -0.2) is 37.6 Å². The minimum atomic E-state index is -3.65. The Morgan fingerprint density at radius 3 is 2.85 bits per heavy atom. The van der Waals surface area contributed by atoms with Gasteiger partial charge in [0.2, 0.25) is 21.8 Å². The topological polar surface area (TPSA) is 140 Å². The molecule has 0 unspecified atom stereocenters. The molecule has 1 aromatic carbocycles.